The summed E-state index contributed by atoms with van der Waals surface area (Å²) in [7, 11) is 0. The lowest BCUT2D eigenvalue weighted by molar-refractivity contribution is -0.119. The van der Waals surface area contributed by atoms with E-state index in [0.717, 1.165) is 28.1 Å². The Morgan fingerprint density at radius 3 is 2.67 bits per heavy atom. The highest BCUT2D eigenvalue weighted by Crippen LogP contribution is 2.29. The fourth-order valence-electron chi connectivity index (χ4n) is 2.89. The van der Waals surface area contributed by atoms with Crippen molar-refractivity contribution >= 4 is 22.8 Å². The van der Waals surface area contributed by atoms with E-state index < -0.39 is 0 Å². The van der Waals surface area contributed by atoms with E-state index in [2.05, 4.69) is 41.9 Å². The number of amides is 1. The molecule has 2 unspecified atom stereocenters. The minimum Gasteiger partial charge on any atom is -0.368 e. The van der Waals surface area contributed by atoms with Crippen LogP contribution in [0.3, 0.4) is 0 Å². The number of rotatable bonds is 3. The lowest BCUT2D eigenvalue weighted by Gasteiger charge is -2.23. The predicted molar refractivity (Wildman–Crippen MR) is 94.3 cm³/mol. The zero-order valence-corrected chi connectivity index (χ0v) is 14.5. The number of hydrazine groups is 1. The Labute approximate surface area is 141 Å². The number of hydrogen-bond acceptors (Lipinski definition) is 6. The molecule has 1 aliphatic rings. The number of primary amides is 1. The van der Waals surface area contributed by atoms with Gasteiger partial charge in [0.1, 0.15) is 11.9 Å². The molecule has 0 bridgehead atoms. The first-order chi connectivity index (χ1) is 11.2. The van der Waals surface area contributed by atoms with Crippen molar-refractivity contribution in [1.29, 1.82) is 0 Å². The Morgan fingerprint density at radius 2 is 2.04 bits per heavy atom. The summed E-state index contributed by atoms with van der Waals surface area (Å²) in [5.41, 5.74) is 14.9. The van der Waals surface area contributed by atoms with Crippen molar-refractivity contribution in [3.63, 3.8) is 0 Å². The SMILES string of the molecule is Cc1nc2cccc(C3CC(C(N)=O)NN3)c2nc1NC(C)(C)C. The van der Waals surface area contributed by atoms with Crippen LogP contribution < -0.4 is 21.9 Å². The minimum absolute atomic E-state index is 0.0364. The molecule has 1 aromatic heterocycles. The van der Waals surface area contributed by atoms with Crippen LogP contribution in [-0.4, -0.2) is 27.5 Å². The van der Waals surface area contributed by atoms with Gasteiger partial charge in [-0.1, -0.05) is 12.1 Å². The molecule has 7 nitrogen and oxygen atoms in total. The van der Waals surface area contributed by atoms with Crippen LogP contribution >= 0.6 is 0 Å². The first-order valence-electron chi connectivity index (χ1n) is 8.10. The van der Waals surface area contributed by atoms with E-state index in [9.17, 15) is 4.79 Å². The Hall–Kier alpha value is -2.25. The van der Waals surface area contributed by atoms with E-state index in [0.29, 0.717) is 6.42 Å². The fraction of sp³-hybridized carbons (Fsp3) is 0.471. The normalized spacial score (nSPS) is 21.2. The van der Waals surface area contributed by atoms with Crippen LogP contribution in [0.1, 0.15) is 44.5 Å². The predicted octanol–water partition coefficient (Wildman–Crippen LogP) is 1.54. The van der Waals surface area contributed by atoms with Crippen LogP contribution in [0, 0.1) is 6.92 Å². The van der Waals surface area contributed by atoms with Gasteiger partial charge in [-0.05, 0) is 45.7 Å². The van der Waals surface area contributed by atoms with E-state index in [1.807, 2.05) is 25.1 Å². The van der Waals surface area contributed by atoms with E-state index in [1.165, 1.54) is 0 Å². The van der Waals surface area contributed by atoms with Crippen molar-refractivity contribution in [2.24, 2.45) is 5.73 Å². The third kappa shape index (κ3) is 3.32. The van der Waals surface area contributed by atoms with Gasteiger partial charge in [-0.25, -0.2) is 20.8 Å². The number of nitrogens with zero attached hydrogens (tertiary/aromatic N) is 2. The van der Waals surface area contributed by atoms with Crippen LogP contribution in [0.4, 0.5) is 5.82 Å². The van der Waals surface area contributed by atoms with E-state index in [-0.39, 0.29) is 23.5 Å². The number of aryl methyl sites for hydroxylation is 1. The summed E-state index contributed by atoms with van der Waals surface area (Å²) in [5, 5.41) is 3.40. The van der Waals surface area contributed by atoms with E-state index in [4.69, 9.17) is 10.7 Å². The molecule has 2 aromatic rings. The quantitative estimate of drug-likeness (QED) is 0.681. The lowest BCUT2D eigenvalue weighted by atomic mass is 10.00. The zero-order chi connectivity index (χ0) is 17.5. The van der Waals surface area contributed by atoms with Crippen molar-refractivity contribution in [3.05, 3.63) is 29.5 Å². The Balaban J connectivity index is 2.03. The number of fused-ring (bicyclic) bond motifs is 1. The molecule has 3 rings (SSSR count). The number of hydrogen-bond donors (Lipinski definition) is 4. The van der Waals surface area contributed by atoms with Gasteiger partial charge in [-0.15, -0.1) is 0 Å². The molecule has 1 amide bonds. The fourth-order valence-corrected chi connectivity index (χ4v) is 2.89. The van der Waals surface area contributed by atoms with Crippen molar-refractivity contribution in [3.8, 4) is 0 Å². The summed E-state index contributed by atoms with van der Waals surface area (Å²) in [4.78, 5) is 20.9. The molecule has 2 heterocycles. The van der Waals surface area contributed by atoms with E-state index in [1.54, 1.807) is 0 Å². The van der Waals surface area contributed by atoms with Gasteiger partial charge < -0.3 is 11.1 Å². The van der Waals surface area contributed by atoms with Crippen LogP contribution in [-0.2, 0) is 4.79 Å². The Bertz CT molecular complexity index is 782. The minimum atomic E-state index is -0.379. The molecule has 1 aromatic carbocycles. The molecular formula is C17H24N6O. The third-order valence-corrected chi connectivity index (χ3v) is 4.02. The number of nitrogens with two attached hydrogens (primary N) is 1. The van der Waals surface area contributed by atoms with Crippen LogP contribution in [0.2, 0.25) is 0 Å². The molecular weight excluding hydrogens is 304 g/mol. The number of para-hydroxylation sites is 1. The van der Waals surface area contributed by atoms with Crippen molar-refractivity contribution in [2.75, 3.05) is 5.32 Å². The summed E-state index contributed by atoms with van der Waals surface area (Å²) in [6.45, 7) is 8.21. The van der Waals surface area contributed by atoms with Gasteiger partial charge in [0.15, 0.2) is 0 Å². The van der Waals surface area contributed by atoms with Crippen molar-refractivity contribution < 1.29 is 4.79 Å². The topological polar surface area (TPSA) is 105 Å². The number of anilines is 1. The second-order valence-corrected chi connectivity index (χ2v) is 7.28. The second-order valence-electron chi connectivity index (χ2n) is 7.28. The van der Waals surface area contributed by atoms with Crippen LogP contribution in [0.5, 0.6) is 0 Å². The van der Waals surface area contributed by atoms with Crippen LogP contribution in [0.25, 0.3) is 11.0 Å². The number of carbonyl (C=O) groups excluding carboxylic acids is 1. The van der Waals surface area contributed by atoms with Gasteiger partial charge in [0.2, 0.25) is 5.91 Å². The average molecular weight is 328 g/mol. The van der Waals surface area contributed by atoms with Gasteiger partial charge >= 0.3 is 0 Å². The maximum Gasteiger partial charge on any atom is 0.235 e. The lowest BCUT2D eigenvalue weighted by Crippen LogP contribution is -2.40. The van der Waals surface area contributed by atoms with Gasteiger partial charge in [0, 0.05) is 5.54 Å². The van der Waals surface area contributed by atoms with E-state index >= 15 is 0 Å². The first-order valence-corrected chi connectivity index (χ1v) is 8.10. The molecule has 24 heavy (non-hydrogen) atoms. The molecule has 5 N–H and O–H groups in total. The molecule has 0 radical (unpaired) electrons. The highest BCUT2D eigenvalue weighted by atomic mass is 16.1. The molecule has 0 saturated carbocycles. The van der Waals surface area contributed by atoms with Gasteiger partial charge in [-0.3, -0.25) is 4.79 Å². The number of aromatic nitrogens is 2. The van der Waals surface area contributed by atoms with Crippen LogP contribution in [0.15, 0.2) is 18.2 Å². The molecule has 0 aliphatic carbocycles. The summed E-state index contributed by atoms with van der Waals surface area (Å²) in [5.74, 6) is 0.419. The maximum absolute atomic E-state index is 11.4. The highest BCUT2D eigenvalue weighted by molar-refractivity contribution is 5.82. The summed E-state index contributed by atoms with van der Waals surface area (Å²) >= 11 is 0. The summed E-state index contributed by atoms with van der Waals surface area (Å²) in [6.07, 6.45) is 0.589. The van der Waals surface area contributed by atoms with Gasteiger partial charge in [0.05, 0.1) is 22.8 Å². The molecule has 128 valence electrons. The molecule has 1 saturated heterocycles. The van der Waals surface area contributed by atoms with Gasteiger partial charge in [-0.2, -0.15) is 0 Å². The first kappa shape index (κ1) is 16.6. The number of carbonyl (C=O) groups is 1. The number of nitrogens with one attached hydrogen (secondary N) is 3. The van der Waals surface area contributed by atoms with Gasteiger partial charge in [0.25, 0.3) is 0 Å². The molecule has 2 atom stereocenters. The molecule has 0 spiro atoms. The average Bonchev–Trinajstić information content (AvgIpc) is 2.96. The third-order valence-electron chi connectivity index (χ3n) is 4.02. The summed E-state index contributed by atoms with van der Waals surface area (Å²) < 4.78 is 0. The zero-order valence-electron chi connectivity index (χ0n) is 14.5. The smallest absolute Gasteiger partial charge is 0.235 e. The second kappa shape index (κ2) is 5.99. The molecule has 1 fully saturated rings. The monoisotopic (exact) mass is 328 g/mol. The standard InChI is InChI=1S/C17H24N6O/c1-9-16(21-17(2,3)4)20-14-10(6-5-7-11(14)19-9)12-8-13(15(18)24)23-22-12/h5-7,12-13,22-23H,8H2,1-4H3,(H2,18,24)(H,20,21). The molecule has 7 heteroatoms. The molecule has 1 aliphatic heterocycles. The number of benzene rings is 1. The largest absolute Gasteiger partial charge is 0.368 e. The highest BCUT2D eigenvalue weighted by Gasteiger charge is 2.30. The maximum atomic E-state index is 11.4. The Morgan fingerprint density at radius 1 is 1.29 bits per heavy atom. The van der Waals surface area contributed by atoms with Crippen molar-refractivity contribution in [1.82, 2.24) is 20.8 Å². The Kier molecular flexibility index (Phi) is 4.15. The summed E-state index contributed by atoms with van der Waals surface area (Å²) in [6, 6.07) is 5.51. The van der Waals surface area contributed by atoms with Crippen molar-refractivity contribution in [2.45, 2.75) is 51.7 Å².